The first-order valence-electron chi connectivity index (χ1n) is 5.13. The Morgan fingerprint density at radius 2 is 2.07 bits per heavy atom. The number of furan rings is 1. The first-order chi connectivity index (χ1) is 6.86. The smallest absolute Gasteiger partial charge is 0.220 e. The lowest BCUT2D eigenvalue weighted by molar-refractivity contribution is 0.102. The Kier molecular flexibility index (Phi) is 2.82. The second kappa shape index (κ2) is 4.27. The van der Waals surface area contributed by atoms with E-state index in [1.54, 1.807) is 18.2 Å². The Bertz CT molecular complexity index is 325. The van der Waals surface area contributed by atoms with Crippen LogP contribution in [0, 0.1) is 0 Å². The van der Waals surface area contributed by atoms with Crippen molar-refractivity contribution in [3.05, 3.63) is 35.8 Å². The lowest BCUT2D eigenvalue weighted by atomic mass is 9.94. The van der Waals surface area contributed by atoms with Crippen molar-refractivity contribution in [3.8, 4) is 0 Å². The number of rotatable bonds is 2. The van der Waals surface area contributed by atoms with Gasteiger partial charge >= 0.3 is 0 Å². The van der Waals surface area contributed by atoms with E-state index in [1.807, 2.05) is 0 Å². The van der Waals surface area contributed by atoms with Gasteiger partial charge in [-0.15, -0.1) is 0 Å². The molecule has 1 aromatic heterocycles. The number of hydrogen-bond donors (Lipinski definition) is 0. The molecule has 74 valence electrons. The van der Waals surface area contributed by atoms with Crippen molar-refractivity contribution in [3.63, 3.8) is 0 Å². The number of allylic oxidation sites excluding steroid dienone is 2. The summed E-state index contributed by atoms with van der Waals surface area (Å²) in [4.78, 5) is 11.6. The van der Waals surface area contributed by atoms with Gasteiger partial charge in [0.05, 0.1) is 6.26 Å². The second-order valence-corrected chi connectivity index (χ2v) is 3.70. The Morgan fingerprint density at radius 1 is 1.29 bits per heavy atom. The van der Waals surface area contributed by atoms with Crippen LogP contribution in [0.2, 0.25) is 0 Å². The molecular formula is C12H14O2. The van der Waals surface area contributed by atoms with Crippen LogP contribution >= 0.6 is 0 Å². The van der Waals surface area contributed by atoms with Crippen molar-refractivity contribution in [1.29, 1.82) is 0 Å². The monoisotopic (exact) mass is 190 g/mol. The molecule has 0 atom stereocenters. The van der Waals surface area contributed by atoms with Gasteiger partial charge < -0.3 is 4.42 Å². The van der Waals surface area contributed by atoms with Crippen molar-refractivity contribution >= 4 is 5.78 Å². The molecule has 0 N–H and O–H groups in total. The van der Waals surface area contributed by atoms with Gasteiger partial charge in [-0.1, -0.05) is 12.0 Å². The largest absolute Gasteiger partial charge is 0.461 e. The van der Waals surface area contributed by atoms with Crippen molar-refractivity contribution in [2.24, 2.45) is 0 Å². The molecule has 2 heteroatoms. The summed E-state index contributed by atoms with van der Waals surface area (Å²) >= 11 is 0. The topological polar surface area (TPSA) is 30.2 Å². The summed E-state index contributed by atoms with van der Waals surface area (Å²) < 4.78 is 5.04. The van der Waals surface area contributed by atoms with Crippen LogP contribution in [0.4, 0.5) is 0 Å². The minimum Gasteiger partial charge on any atom is -0.461 e. The van der Waals surface area contributed by atoms with Gasteiger partial charge in [-0.05, 0) is 43.9 Å². The highest BCUT2D eigenvalue weighted by atomic mass is 16.3. The SMILES string of the molecule is O=C(C=C1CCCCC1)c1ccco1. The van der Waals surface area contributed by atoms with E-state index in [1.165, 1.54) is 31.1 Å². The lowest BCUT2D eigenvalue weighted by Crippen LogP contribution is -1.99. The minimum atomic E-state index is 0.00639. The Hall–Kier alpha value is -1.31. The molecule has 0 amide bonds. The molecule has 1 aliphatic rings. The van der Waals surface area contributed by atoms with E-state index in [9.17, 15) is 4.79 Å². The summed E-state index contributed by atoms with van der Waals surface area (Å²) in [6, 6.07) is 3.45. The summed E-state index contributed by atoms with van der Waals surface area (Å²) in [6.45, 7) is 0. The van der Waals surface area contributed by atoms with Crippen LogP contribution < -0.4 is 0 Å². The molecule has 0 radical (unpaired) electrons. The number of carbonyl (C=O) groups is 1. The first kappa shape index (κ1) is 9.25. The number of carbonyl (C=O) groups excluding carboxylic acids is 1. The summed E-state index contributed by atoms with van der Waals surface area (Å²) in [5.41, 5.74) is 1.28. The molecule has 1 fully saturated rings. The van der Waals surface area contributed by atoms with Gasteiger partial charge in [-0.25, -0.2) is 0 Å². The van der Waals surface area contributed by atoms with Gasteiger partial charge in [0.1, 0.15) is 0 Å². The molecule has 2 nitrogen and oxygen atoms in total. The quantitative estimate of drug-likeness (QED) is 0.528. The van der Waals surface area contributed by atoms with E-state index >= 15 is 0 Å². The normalized spacial score (nSPS) is 16.7. The molecule has 1 saturated carbocycles. The van der Waals surface area contributed by atoms with E-state index < -0.39 is 0 Å². The fourth-order valence-electron chi connectivity index (χ4n) is 1.83. The third-order valence-electron chi connectivity index (χ3n) is 2.60. The molecule has 14 heavy (non-hydrogen) atoms. The fourth-order valence-corrected chi connectivity index (χ4v) is 1.83. The maximum atomic E-state index is 11.6. The molecule has 0 bridgehead atoms. The first-order valence-corrected chi connectivity index (χ1v) is 5.13. The van der Waals surface area contributed by atoms with Crippen molar-refractivity contribution in [2.45, 2.75) is 32.1 Å². The molecule has 0 spiro atoms. The van der Waals surface area contributed by atoms with Gasteiger partial charge in [-0.2, -0.15) is 0 Å². The maximum absolute atomic E-state index is 11.6. The van der Waals surface area contributed by atoms with Gasteiger partial charge in [-0.3, -0.25) is 4.79 Å². The van der Waals surface area contributed by atoms with Crippen LogP contribution in [0.3, 0.4) is 0 Å². The van der Waals surface area contributed by atoms with Gasteiger partial charge in [0.2, 0.25) is 5.78 Å². The van der Waals surface area contributed by atoms with Gasteiger partial charge in [0.25, 0.3) is 0 Å². The molecule has 1 aliphatic carbocycles. The Labute approximate surface area is 83.6 Å². The predicted molar refractivity (Wildman–Crippen MR) is 54.2 cm³/mol. The van der Waals surface area contributed by atoms with Crippen LogP contribution in [0.25, 0.3) is 0 Å². The van der Waals surface area contributed by atoms with Gasteiger partial charge in [0.15, 0.2) is 5.76 Å². The zero-order chi connectivity index (χ0) is 9.80. The van der Waals surface area contributed by atoms with E-state index in [4.69, 9.17) is 4.42 Å². The summed E-state index contributed by atoms with van der Waals surface area (Å²) in [6.07, 6.45) is 9.17. The van der Waals surface area contributed by atoms with Crippen molar-refractivity contribution in [1.82, 2.24) is 0 Å². The zero-order valence-corrected chi connectivity index (χ0v) is 8.16. The highest BCUT2D eigenvalue weighted by molar-refractivity contribution is 6.02. The van der Waals surface area contributed by atoms with E-state index in [0.29, 0.717) is 5.76 Å². The maximum Gasteiger partial charge on any atom is 0.220 e. The third kappa shape index (κ3) is 2.13. The molecule has 0 aliphatic heterocycles. The van der Waals surface area contributed by atoms with Crippen LogP contribution in [-0.2, 0) is 0 Å². The van der Waals surface area contributed by atoms with Crippen molar-refractivity contribution < 1.29 is 9.21 Å². The molecule has 0 saturated heterocycles. The van der Waals surface area contributed by atoms with Crippen LogP contribution in [0.15, 0.2) is 34.5 Å². The lowest BCUT2D eigenvalue weighted by Gasteiger charge is -2.12. The zero-order valence-electron chi connectivity index (χ0n) is 8.16. The number of hydrogen-bond acceptors (Lipinski definition) is 2. The second-order valence-electron chi connectivity index (χ2n) is 3.70. The average molecular weight is 190 g/mol. The van der Waals surface area contributed by atoms with Crippen LogP contribution in [0.5, 0.6) is 0 Å². The molecule has 0 unspecified atom stereocenters. The van der Waals surface area contributed by atoms with Crippen LogP contribution in [0.1, 0.15) is 42.7 Å². The van der Waals surface area contributed by atoms with E-state index in [-0.39, 0.29) is 5.78 Å². The summed E-state index contributed by atoms with van der Waals surface area (Å²) in [5.74, 6) is 0.454. The number of ketones is 1. The average Bonchev–Trinajstić information content (AvgIpc) is 2.72. The highest BCUT2D eigenvalue weighted by Crippen LogP contribution is 2.23. The van der Waals surface area contributed by atoms with Gasteiger partial charge in [0, 0.05) is 0 Å². The summed E-state index contributed by atoms with van der Waals surface area (Å²) in [7, 11) is 0. The molecule has 1 heterocycles. The molecular weight excluding hydrogens is 176 g/mol. The molecule has 2 rings (SSSR count). The standard InChI is InChI=1S/C12H14O2/c13-11(12-7-4-8-14-12)9-10-5-2-1-3-6-10/h4,7-9H,1-3,5-6H2. The van der Waals surface area contributed by atoms with E-state index in [2.05, 4.69) is 0 Å². The minimum absolute atomic E-state index is 0.00639. The van der Waals surface area contributed by atoms with E-state index in [0.717, 1.165) is 12.8 Å². The molecule has 1 aromatic rings. The Morgan fingerprint density at radius 3 is 2.71 bits per heavy atom. The van der Waals surface area contributed by atoms with Crippen molar-refractivity contribution in [2.75, 3.05) is 0 Å². The third-order valence-corrected chi connectivity index (χ3v) is 2.60. The molecule has 0 aromatic carbocycles. The predicted octanol–water partition coefficient (Wildman–Crippen LogP) is 3.35. The van der Waals surface area contributed by atoms with Crippen LogP contribution in [-0.4, -0.2) is 5.78 Å². The fraction of sp³-hybridized carbons (Fsp3) is 0.417. The Balaban J connectivity index is 2.05. The summed E-state index contributed by atoms with van der Waals surface area (Å²) in [5, 5.41) is 0. The highest BCUT2D eigenvalue weighted by Gasteiger charge is 2.10.